The molecule has 4 heteroatoms. The van der Waals surface area contributed by atoms with Crippen LogP contribution >= 0.6 is 0 Å². The van der Waals surface area contributed by atoms with E-state index in [2.05, 4.69) is 4.90 Å². The second-order valence-electron chi connectivity index (χ2n) is 4.16. The smallest absolute Gasteiger partial charge is 0.165 e. The van der Waals surface area contributed by atoms with E-state index in [1.807, 2.05) is 6.92 Å². The molecule has 1 saturated heterocycles. The zero-order valence-corrected chi connectivity index (χ0v) is 9.32. The number of hydrogen-bond donors (Lipinski definition) is 1. The Hall–Kier alpha value is -1.13. The molecule has 0 spiro atoms. The molecule has 0 bridgehead atoms. The Labute approximate surface area is 94.4 Å². The van der Waals surface area contributed by atoms with E-state index in [0.29, 0.717) is 18.7 Å². The van der Waals surface area contributed by atoms with Crippen molar-refractivity contribution in [1.82, 2.24) is 4.90 Å². The highest BCUT2D eigenvalue weighted by atomic mass is 19.1. The molecular weight excluding hydrogens is 209 g/mol. The summed E-state index contributed by atoms with van der Waals surface area (Å²) in [5, 5.41) is 9.56. The largest absolute Gasteiger partial charge is 0.505 e. The number of para-hydroxylation sites is 1. The fourth-order valence-electron chi connectivity index (χ4n) is 1.96. The van der Waals surface area contributed by atoms with Crippen molar-refractivity contribution in [3.8, 4) is 5.75 Å². The Bertz CT molecular complexity index is 370. The van der Waals surface area contributed by atoms with Gasteiger partial charge in [-0.15, -0.1) is 0 Å². The van der Waals surface area contributed by atoms with Crippen molar-refractivity contribution >= 4 is 0 Å². The van der Waals surface area contributed by atoms with Gasteiger partial charge in [-0.2, -0.15) is 0 Å². The van der Waals surface area contributed by atoms with E-state index in [1.165, 1.54) is 6.07 Å². The summed E-state index contributed by atoms with van der Waals surface area (Å²) in [6.45, 7) is 4.91. The van der Waals surface area contributed by atoms with Gasteiger partial charge in [-0.1, -0.05) is 12.1 Å². The lowest BCUT2D eigenvalue weighted by Crippen LogP contribution is -2.40. The van der Waals surface area contributed by atoms with Crippen LogP contribution in [0.4, 0.5) is 4.39 Å². The van der Waals surface area contributed by atoms with Gasteiger partial charge in [0.15, 0.2) is 11.6 Å². The number of rotatable bonds is 2. The quantitative estimate of drug-likeness (QED) is 0.832. The Morgan fingerprint density at radius 2 is 2.38 bits per heavy atom. The Kier molecular flexibility index (Phi) is 3.41. The molecule has 0 aromatic heterocycles. The van der Waals surface area contributed by atoms with Crippen molar-refractivity contribution in [3.05, 3.63) is 29.6 Å². The first kappa shape index (κ1) is 11.4. The predicted octanol–water partition coefficient (Wildman–Crippen LogP) is 1.75. The van der Waals surface area contributed by atoms with Gasteiger partial charge in [-0.25, -0.2) is 4.39 Å². The third-order valence-electron chi connectivity index (χ3n) is 2.79. The normalized spacial score (nSPS) is 22.2. The van der Waals surface area contributed by atoms with Gasteiger partial charge in [0.05, 0.1) is 12.7 Å². The zero-order chi connectivity index (χ0) is 11.5. The summed E-state index contributed by atoms with van der Waals surface area (Å²) in [6.07, 6.45) is 0.199. The molecule has 1 aromatic rings. The topological polar surface area (TPSA) is 32.7 Å². The van der Waals surface area contributed by atoms with Crippen molar-refractivity contribution in [2.45, 2.75) is 19.6 Å². The fourth-order valence-corrected chi connectivity index (χ4v) is 1.96. The number of nitrogens with zero attached hydrogens (tertiary/aromatic N) is 1. The zero-order valence-electron chi connectivity index (χ0n) is 9.32. The molecule has 1 aliphatic rings. The van der Waals surface area contributed by atoms with E-state index in [-0.39, 0.29) is 11.9 Å². The molecule has 0 radical (unpaired) electrons. The maximum absolute atomic E-state index is 13.1. The summed E-state index contributed by atoms with van der Waals surface area (Å²) in [5.74, 6) is -0.791. The van der Waals surface area contributed by atoms with Crippen molar-refractivity contribution in [1.29, 1.82) is 0 Å². The average molecular weight is 225 g/mol. The number of ether oxygens (including phenoxy) is 1. The molecule has 1 N–H and O–H groups in total. The SMILES string of the molecule is CC1CN(Cc2cccc(F)c2O)CCO1. The number of phenols is 1. The van der Waals surface area contributed by atoms with Crippen LogP contribution in [0.1, 0.15) is 12.5 Å². The molecule has 2 rings (SSSR count). The standard InChI is InChI=1S/C12H16FNO2/c1-9-7-14(5-6-16-9)8-10-3-2-4-11(13)12(10)15/h2-4,9,15H,5-8H2,1H3. The lowest BCUT2D eigenvalue weighted by molar-refractivity contribution is -0.0214. The van der Waals surface area contributed by atoms with E-state index < -0.39 is 5.82 Å². The molecule has 0 aliphatic carbocycles. The van der Waals surface area contributed by atoms with Gasteiger partial charge in [-0.05, 0) is 13.0 Å². The van der Waals surface area contributed by atoms with E-state index in [9.17, 15) is 9.50 Å². The molecule has 16 heavy (non-hydrogen) atoms. The van der Waals surface area contributed by atoms with Crippen LogP contribution in [-0.4, -0.2) is 35.8 Å². The van der Waals surface area contributed by atoms with Crippen LogP contribution < -0.4 is 0 Å². The van der Waals surface area contributed by atoms with Gasteiger partial charge in [0, 0.05) is 25.2 Å². The van der Waals surface area contributed by atoms with Crippen LogP contribution in [0, 0.1) is 5.82 Å². The first-order valence-corrected chi connectivity index (χ1v) is 5.47. The Balaban J connectivity index is 2.05. The molecule has 3 nitrogen and oxygen atoms in total. The van der Waals surface area contributed by atoms with Gasteiger partial charge in [0.1, 0.15) is 0 Å². The molecule has 1 fully saturated rings. The molecule has 1 atom stereocenters. The third-order valence-corrected chi connectivity index (χ3v) is 2.79. The van der Waals surface area contributed by atoms with Gasteiger partial charge in [-0.3, -0.25) is 4.90 Å². The molecule has 1 aromatic carbocycles. The summed E-state index contributed by atoms with van der Waals surface area (Å²) < 4.78 is 18.5. The number of hydrogen-bond acceptors (Lipinski definition) is 3. The van der Waals surface area contributed by atoms with Gasteiger partial charge in [0.25, 0.3) is 0 Å². The summed E-state index contributed by atoms with van der Waals surface area (Å²) in [7, 11) is 0. The minimum Gasteiger partial charge on any atom is -0.505 e. The molecule has 0 amide bonds. The van der Waals surface area contributed by atoms with E-state index in [4.69, 9.17) is 4.74 Å². The minimum atomic E-state index is -0.557. The van der Waals surface area contributed by atoms with Crippen LogP contribution in [0.5, 0.6) is 5.75 Å². The Morgan fingerprint density at radius 1 is 1.56 bits per heavy atom. The van der Waals surface area contributed by atoms with Crippen molar-refractivity contribution in [2.75, 3.05) is 19.7 Å². The van der Waals surface area contributed by atoms with Crippen molar-refractivity contribution < 1.29 is 14.2 Å². The number of aromatic hydroxyl groups is 1. The van der Waals surface area contributed by atoms with Crippen LogP contribution in [0.25, 0.3) is 0 Å². The Morgan fingerprint density at radius 3 is 3.12 bits per heavy atom. The second-order valence-corrected chi connectivity index (χ2v) is 4.16. The fraction of sp³-hybridized carbons (Fsp3) is 0.500. The van der Waals surface area contributed by atoms with Crippen LogP contribution in [0.3, 0.4) is 0 Å². The highest BCUT2D eigenvalue weighted by molar-refractivity contribution is 5.33. The minimum absolute atomic E-state index is 0.199. The molecule has 88 valence electrons. The summed E-state index contributed by atoms with van der Waals surface area (Å²) in [6, 6.07) is 4.63. The van der Waals surface area contributed by atoms with Crippen LogP contribution in [0.2, 0.25) is 0 Å². The lowest BCUT2D eigenvalue weighted by Gasteiger charge is -2.31. The first-order valence-electron chi connectivity index (χ1n) is 5.47. The van der Waals surface area contributed by atoms with E-state index >= 15 is 0 Å². The highest BCUT2D eigenvalue weighted by Gasteiger charge is 2.18. The maximum atomic E-state index is 13.1. The van der Waals surface area contributed by atoms with Crippen molar-refractivity contribution in [2.24, 2.45) is 0 Å². The molecule has 0 saturated carbocycles. The van der Waals surface area contributed by atoms with Crippen molar-refractivity contribution in [3.63, 3.8) is 0 Å². The van der Waals surface area contributed by atoms with Crippen LogP contribution in [0.15, 0.2) is 18.2 Å². The molecule has 1 aliphatic heterocycles. The summed E-state index contributed by atoms with van der Waals surface area (Å²) in [5.41, 5.74) is 0.633. The predicted molar refractivity (Wildman–Crippen MR) is 58.8 cm³/mol. The number of benzene rings is 1. The van der Waals surface area contributed by atoms with Crippen LogP contribution in [-0.2, 0) is 11.3 Å². The van der Waals surface area contributed by atoms with E-state index in [1.54, 1.807) is 12.1 Å². The van der Waals surface area contributed by atoms with Gasteiger partial charge < -0.3 is 9.84 Å². The number of phenolic OH excluding ortho intramolecular Hbond substituents is 1. The number of halogens is 1. The molecular formula is C12H16FNO2. The van der Waals surface area contributed by atoms with Gasteiger partial charge >= 0.3 is 0 Å². The summed E-state index contributed by atoms with van der Waals surface area (Å²) in [4.78, 5) is 2.16. The summed E-state index contributed by atoms with van der Waals surface area (Å²) >= 11 is 0. The van der Waals surface area contributed by atoms with E-state index in [0.717, 1.165) is 13.1 Å². The highest BCUT2D eigenvalue weighted by Crippen LogP contribution is 2.22. The first-order chi connectivity index (χ1) is 7.66. The third kappa shape index (κ3) is 2.51. The van der Waals surface area contributed by atoms with Gasteiger partial charge in [0.2, 0.25) is 0 Å². The monoisotopic (exact) mass is 225 g/mol. The molecule has 1 unspecified atom stereocenters. The average Bonchev–Trinajstić information content (AvgIpc) is 2.25. The second kappa shape index (κ2) is 4.80. The maximum Gasteiger partial charge on any atom is 0.165 e. The number of morpholine rings is 1. The lowest BCUT2D eigenvalue weighted by atomic mass is 10.1. The molecule has 1 heterocycles.